The van der Waals surface area contributed by atoms with E-state index in [0.717, 1.165) is 6.20 Å². The molecular formula is C13H15FN4O2. The number of esters is 1. The number of halogens is 1. The van der Waals surface area contributed by atoms with E-state index in [1.165, 1.54) is 16.9 Å². The summed E-state index contributed by atoms with van der Waals surface area (Å²) < 4.78 is 20.0. The largest absolute Gasteiger partial charge is 0.466 e. The summed E-state index contributed by atoms with van der Waals surface area (Å²) >= 11 is 0. The number of carbonyl (C=O) groups is 1. The molecule has 2 aromatic heterocycles. The van der Waals surface area contributed by atoms with Gasteiger partial charge in [-0.2, -0.15) is 5.10 Å². The molecular weight excluding hydrogens is 263 g/mol. The van der Waals surface area contributed by atoms with Gasteiger partial charge in [-0.05, 0) is 13.0 Å². The van der Waals surface area contributed by atoms with E-state index in [0.29, 0.717) is 30.2 Å². The third-order valence-electron chi connectivity index (χ3n) is 2.68. The average molecular weight is 278 g/mol. The van der Waals surface area contributed by atoms with Crippen LogP contribution in [0.4, 0.5) is 4.39 Å². The summed E-state index contributed by atoms with van der Waals surface area (Å²) in [6.45, 7) is 2.10. The maximum Gasteiger partial charge on any atom is 0.306 e. The van der Waals surface area contributed by atoms with E-state index < -0.39 is 5.82 Å². The number of aromatic nitrogens is 4. The van der Waals surface area contributed by atoms with Gasteiger partial charge in [0.05, 0.1) is 24.8 Å². The standard InChI is InChI=1S/C13H15FN4O2/c1-3-20-12(19)5-4-11-16-13(18(2)17-11)9-6-7-15-8-10(9)14/h6-8H,3-5H2,1-2H3. The summed E-state index contributed by atoms with van der Waals surface area (Å²) in [7, 11) is 1.68. The molecule has 0 unspecified atom stereocenters. The monoisotopic (exact) mass is 278 g/mol. The van der Waals surface area contributed by atoms with E-state index >= 15 is 0 Å². The molecule has 2 heterocycles. The van der Waals surface area contributed by atoms with Crippen molar-refractivity contribution < 1.29 is 13.9 Å². The summed E-state index contributed by atoms with van der Waals surface area (Å²) in [5.74, 6) is 0.132. The van der Waals surface area contributed by atoms with Crippen molar-refractivity contribution in [3.05, 3.63) is 30.1 Å². The smallest absolute Gasteiger partial charge is 0.306 e. The zero-order valence-electron chi connectivity index (χ0n) is 11.3. The maximum atomic E-state index is 13.7. The molecule has 0 aromatic carbocycles. The van der Waals surface area contributed by atoms with Crippen LogP contribution in [0.15, 0.2) is 18.5 Å². The van der Waals surface area contributed by atoms with Crippen LogP contribution in [0.2, 0.25) is 0 Å². The van der Waals surface area contributed by atoms with Gasteiger partial charge in [0.15, 0.2) is 17.5 Å². The predicted octanol–water partition coefficient (Wildman–Crippen LogP) is 1.51. The summed E-state index contributed by atoms with van der Waals surface area (Å²) in [4.78, 5) is 19.2. The Bertz CT molecular complexity index is 612. The first kappa shape index (κ1) is 14.1. The minimum Gasteiger partial charge on any atom is -0.466 e. The summed E-state index contributed by atoms with van der Waals surface area (Å²) in [6.07, 6.45) is 3.18. The van der Waals surface area contributed by atoms with Gasteiger partial charge in [-0.1, -0.05) is 0 Å². The average Bonchev–Trinajstić information content (AvgIpc) is 2.79. The number of pyridine rings is 1. The Hall–Kier alpha value is -2.31. The van der Waals surface area contributed by atoms with Crippen molar-refractivity contribution >= 4 is 5.97 Å². The molecule has 20 heavy (non-hydrogen) atoms. The zero-order valence-corrected chi connectivity index (χ0v) is 11.3. The molecule has 0 atom stereocenters. The molecule has 0 saturated carbocycles. The van der Waals surface area contributed by atoms with E-state index in [4.69, 9.17) is 4.74 Å². The summed E-state index contributed by atoms with van der Waals surface area (Å²) in [5, 5.41) is 4.17. The molecule has 7 heteroatoms. The van der Waals surface area contributed by atoms with Crippen molar-refractivity contribution in [2.45, 2.75) is 19.8 Å². The summed E-state index contributed by atoms with van der Waals surface area (Å²) in [5.41, 5.74) is 0.331. The fourth-order valence-corrected chi connectivity index (χ4v) is 1.78. The molecule has 0 aliphatic carbocycles. The lowest BCUT2D eigenvalue weighted by Crippen LogP contribution is -2.06. The van der Waals surface area contributed by atoms with Gasteiger partial charge in [-0.25, -0.2) is 14.1 Å². The molecule has 0 bridgehead atoms. The Morgan fingerprint density at radius 3 is 3.00 bits per heavy atom. The third kappa shape index (κ3) is 3.17. The lowest BCUT2D eigenvalue weighted by atomic mass is 10.2. The molecule has 0 N–H and O–H groups in total. The van der Waals surface area contributed by atoms with Crippen LogP contribution < -0.4 is 0 Å². The molecule has 0 fully saturated rings. The van der Waals surface area contributed by atoms with Gasteiger partial charge in [-0.3, -0.25) is 9.78 Å². The topological polar surface area (TPSA) is 69.9 Å². The maximum absolute atomic E-state index is 13.7. The van der Waals surface area contributed by atoms with Crippen molar-refractivity contribution in [2.24, 2.45) is 7.05 Å². The Morgan fingerprint density at radius 2 is 2.30 bits per heavy atom. The molecule has 6 nitrogen and oxygen atoms in total. The van der Waals surface area contributed by atoms with Crippen LogP contribution in [-0.4, -0.2) is 32.3 Å². The first-order valence-corrected chi connectivity index (χ1v) is 6.27. The number of carbonyl (C=O) groups excluding carboxylic acids is 1. The third-order valence-corrected chi connectivity index (χ3v) is 2.68. The lowest BCUT2D eigenvalue weighted by molar-refractivity contribution is -0.143. The van der Waals surface area contributed by atoms with Gasteiger partial charge in [0.2, 0.25) is 0 Å². The van der Waals surface area contributed by atoms with E-state index in [1.807, 2.05) is 0 Å². The number of rotatable bonds is 5. The molecule has 0 amide bonds. The second-order valence-electron chi connectivity index (χ2n) is 4.14. The van der Waals surface area contributed by atoms with Gasteiger partial charge in [0, 0.05) is 19.7 Å². The Kier molecular flexibility index (Phi) is 4.39. The van der Waals surface area contributed by atoms with Crippen LogP contribution in [-0.2, 0) is 23.0 Å². The molecule has 2 rings (SSSR count). The van der Waals surface area contributed by atoms with E-state index in [2.05, 4.69) is 15.1 Å². The van der Waals surface area contributed by atoms with Crippen molar-refractivity contribution in [2.75, 3.05) is 6.61 Å². The quantitative estimate of drug-likeness (QED) is 0.775. The zero-order chi connectivity index (χ0) is 14.5. The van der Waals surface area contributed by atoms with Crippen LogP contribution >= 0.6 is 0 Å². The summed E-state index contributed by atoms with van der Waals surface area (Å²) in [6, 6.07) is 1.54. The second-order valence-corrected chi connectivity index (χ2v) is 4.14. The fourth-order valence-electron chi connectivity index (χ4n) is 1.78. The van der Waals surface area contributed by atoms with Crippen molar-refractivity contribution in [1.82, 2.24) is 19.7 Å². The van der Waals surface area contributed by atoms with Crippen LogP contribution in [0.5, 0.6) is 0 Å². The number of hydrogen-bond donors (Lipinski definition) is 0. The van der Waals surface area contributed by atoms with Crippen molar-refractivity contribution in [1.29, 1.82) is 0 Å². The van der Waals surface area contributed by atoms with E-state index in [1.54, 1.807) is 14.0 Å². The van der Waals surface area contributed by atoms with Gasteiger partial charge in [0.25, 0.3) is 0 Å². The molecule has 2 aromatic rings. The molecule has 0 saturated heterocycles. The molecule has 0 aliphatic heterocycles. The highest BCUT2D eigenvalue weighted by atomic mass is 19.1. The first-order chi connectivity index (χ1) is 9.61. The van der Waals surface area contributed by atoms with Crippen molar-refractivity contribution in [3.8, 4) is 11.4 Å². The number of aryl methyl sites for hydroxylation is 2. The van der Waals surface area contributed by atoms with E-state index in [9.17, 15) is 9.18 Å². The van der Waals surface area contributed by atoms with Crippen LogP contribution in [0.3, 0.4) is 0 Å². The van der Waals surface area contributed by atoms with Gasteiger partial charge in [-0.15, -0.1) is 0 Å². The van der Waals surface area contributed by atoms with Crippen molar-refractivity contribution in [3.63, 3.8) is 0 Å². The highest BCUT2D eigenvalue weighted by molar-refractivity contribution is 5.69. The highest BCUT2D eigenvalue weighted by Crippen LogP contribution is 2.19. The Labute approximate surface area is 115 Å². The molecule has 0 radical (unpaired) electrons. The Morgan fingerprint density at radius 1 is 1.50 bits per heavy atom. The second kappa shape index (κ2) is 6.23. The van der Waals surface area contributed by atoms with Gasteiger partial charge in [0.1, 0.15) is 0 Å². The van der Waals surface area contributed by atoms with Gasteiger partial charge >= 0.3 is 5.97 Å². The SMILES string of the molecule is CCOC(=O)CCc1nc(-c2ccncc2F)n(C)n1. The molecule has 0 spiro atoms. The number of hydrogen-bond acceptors (Lipinski definition) is 5. The molecule has 0 aliphatic rings. The number of nitrogens with zero attached hydrogens (tertiary/aromatic N) is 4. The Balaban J connectivity index is 2.14. The minimum atomic E-state index is -0.458. The van der Waals surface area contributed by atoms with Gasteiger partial charge < -0.3 is 4.74 Å². The van der Waals surface area contributed by atoms with Crippen LogP contribution in [0.1, 0.15) is 19.2 Å². The van der Waals surface area contributed by atoms with Crippen LogP contribution in [0, 0.1) is 5.82 Å². The normalized spacial score (nSPS) is 10.6. The fraction of sp³-hybridized carbons (Fsp3) is 0.385. The van der Waals surface area contributed by atoms with E-state index in [-0.39, 0.29) is 12.4 Å². The molecule has 106 valence electrons. The lowest BCUT2D eigenvalue weighted by Gasteiger charge is -2.00. The number of ether oxygens (including phenoxy) is 1. The van der Waals surface area contributed by atoms with Crippen LogP contribution in [0.25, 0.3) is 11.4 Å². The highest BCUT2D eigenvalue weighted by Gasteiger charge is 2.14. The minimum absolute atomic E-state index is 0.204. The predicted molar refractivity (Wildman–Crippen MR) is 69.1 cm³/mol. The first-order valence-electron chi connectivity index (χ1n) is 6.27.